The number of aliphatic hydroxyl groups excluding tert-OH is 1. The van der Waals surface area contributed by atoms with E-state index < -0.39 is 12.1 Å². The third kappa shape index (κ3) is 5.28. The van der Waals surface area contributed by atoms with Crippen molar-refractivity contribution in [1.29, 1.82) is 0 Å². The molecule has 0 bridgehead atoms. The minimum absolute atomic E-state index is 0.0235. The van der Waals surface area contributed by atoms with Crippen LogP contribution in [-0.4, -0.2) is 28.9 Å². The van der Waals surface area contributed by atoms with E-state index in [1.807, 2.05) is 42.5 Å². The molecule has 0 saturated carbocycles. The van der Waals surface area contributed by atoms with Gasteiger partial charge in [0, 0.05) is 0 Å². The molecule has 2 N–H and O–H groups in total. The first-order chi connectivity index (χ1) is 10.1. The summed E-state index contributed by atoms with van der Waals surface area (Å²) in [5.41, 5.74) is 2.41. The average Bonchev–Trinajstić information content (AvgIpc) is 2.47. The van der Waals surface area contributed by atoms with Gasteiger partial charge in [-0.15, -0.1) is 0 Å². The molecular weight excluding hydrogens is 268 g/mol. The molecule has 110 valence electrons. The number of carboxylic acid groups (broad SMARTS) is 1. The molecule has 0 aliphatic rings. The van der Waals surface area contributed by atoms with Crippen molar-refractivity contribution in [3.05, 3.63) is 65.7 Å². The number of carbonyl (C=O) groups is 1. The fourth-order valence-corrected chi connectivity index (χ4v) is 1.99. The van der Waals surface area contributed by atoms with E-state index in [9.17, 15) is 9.90 Å². The minimum atomic E-state index is -1.04. The molecule has 0 amide bonds. The molecule has 0 aromatic heterocycles. The van der Waals surface area contributed by atoms with Crippen molar-refractivity contribution in [3.63, 3.8) is 0 Å². The van der Waals surface area contributed by atoms with E-state index in [1.165, 1.54) is 11.1 Å². The Balaban J connectivity index is 1.86. The van der Waals surface area contributed by atoms with Crippen LogP contribution in [0.25, 0.3) is 0 Å². The largest absolute Gasteiger partial charge is 0.491 e. The van der Waals surface area contributed by atoms with Crippen LogP contribution in [-0.2, 0) is 11.2 Å². The van der Waals surface area contributed by atoms with Crippen LogP contribution < -0.4 is 4.74 Å². The number of hydrogen-bond acceptors (Lipinski definition) is 3. The molecule has 0 spiro atoms. The summed E-state index contributed by atoms with van der Waals surface area (Å²) in [5, 5.41) is 18.0. The number of benzene rings is 2. The molecule has 2 rings (SSSR count). The molecule has 4 nitrogen and oxygen atoms in total. The molecule has 2 aromatic carbocycles. The second kappa shape index (κ2) is 7.45. The van der Waals surface area contributed by atoms with E-state index in [2.05, 4.69) is 12.1 Å². The minimum Gasteiger partial charge on any atom is -0.491 e. The monoisotopic (exact) mass is 286 g/mol. The zero-order valence-electron chi connectivity index (χ0n) is 11.6. The second-order valence-corrected chi connectivity index (χ2v) is 4.87. The number of rotatable bonds is 7. The second-order valence-electron chi connectivity index (χ2n) is 4.87. The van der Waals surface area contributed by atoms with Crippen molar-refractivity contribution in [2.75, 3.05) is 6.61 Å². The summed E-state index contributed by atoms with van der Waals surface area (Å²) in [7, 11) is 0. The Hall–Kier alpha value is -2.33. The van der Waals surface area contributed by atoms with Crippen molar-refractivity contribution >= 4 is 5.97 Å². The SMILES string of the molecule is O=C(O)C[C@H](O)COc1ccc(Cc2ccccc2)cc1. The standard InChI is InChI=1S/C17H18O4/c18-15(11-17(19)20)12-21-16-8-6-14(7-9-16)10-13-4-2-1-3-5-13/h1-9,15,18H,10-12H2,(H,19,20)/t15-/m0/s1. The normalized spacial score (nSPS) is 11.9. The molecule has 0 aliphatic heterocycles. The van der Waals surface area contributed by atoms with Crippen LogP contribution in [0.15, 0.2) is 54.6 Å². The summed E-state index contributed by atoms with van der Waals surface area (Å²) in [6.07, 6.45) is -0.457. The lowest BCUT2D eigenvalue weighted by molar-refractivity contribution is -0.139. The van der Waals surface area contributed by atoms with E-state index in [1.54, 1.807) is 0 Å². The molecule has 21 heavy (non-hydrogen) atoms. The van der Waals surface area contributed by atoms with E-state index in [0.29, 0.717) is 5.75 Å². The van der Waals surface area contributed by atoms with Gasteiger partial charge in [0.05, 0.1) is 12.5 Å². The maximum atomic E-state index is 10.4. The third-order valence-electron chi connectivity index (χ3n) is 3.03. The predicted molar refractivity (Wildman–Crippen MR) is 79.4 cm³/mol. The number of ether oxygens (including phenoxy) is 1. The molecule has 2 aromatic rings. The number of aliphatic hydroxyl groups is 1. The lowest BCUT2D eigenvalue weighted by Crippen LogP contribution is -2.21. The Kier molecular flexibility index (Phi) is 5.35. The quantitative estimate of drug-likeness (QED) is 0.820. The molecular formula is C17H18O4. The van der Waals surface area contributed by atoms with Crippen LogP contribution in [0.1, 0.15) is 17.5 Å². The third-order valence-corrected chi connectivity index (χ3v) is 3.03. The van der Waals surface area contributed by atoms with Crippen LogP contribution in [0.3, 0.4) is 0 Å². The summed E-state index contributed by atoms with van der Waals surface area (Å²) in [4.78, 5) is 10.4. The highest BCUT2D eigenvalue weighted by atomic mass is 16.5. The fraction of sp³-hybridized carbons (Fsp3) is 0.235. The van der Waals surface area contributed by atoms with Crippen molar-refractivity contribution < 1.29 is 19.7 Å². The molecule has 0 heterocycles. The Morgan fingerprint density at radius 1 is 1.00 bits per heavy atom. The van der Waals surface area contributed by atoms with Gasteiger partial charge in [-0.2, -0.15) is 0 Å². The van der Waals surface area contributed by atoms with Gasteiger partial charge in [0.1, 0.15) is 12.4 Å². The molecule has 1 atom stereocenters. The molecule has 0 fully saturated rings. The highest BCUT2D eigenvalue weighted by Crippen LogP contribution is 2.15. The zero-order valence-corrected chi connectivity index (χ0v) is 11.6. The highest BCUT2D eigenvalue weighted by molar-refractivity contribution is 5.67. The van der Waals surface area contributed by atoms with E-state index in [4.69, 9.17) is 9.84 Å². The lowest BCUT2D eigenvalue weighted by atomic mass is 10.1. The molecule has 4 heteroatoms. The van der Waals surface area contributed by atoms with E-state index >= 15 is 0 Å². The van der Waals surface area contributed by atoms with E-state index in [0.717, 1.165) is 6.42 Å². The maximum Gasteiger partial charge on any atom is 0.306 e. The van der Waals surface area contributed by atoms with Crippen LogP contribution in [0.5, 0.6) is 5.75 Å². The number of carboxylic acids is 1. The zero-order chi connectivity index (χ0) is 15.1. The van der Waals surface area contributed by atoms with Gasteiger partial charge in [0.15, 0.2) is 0 Å². The molecule has 0 aliphatic carbocycles. The Labute approximate surface area is 123 Å². The van der Waals surface area contributed by atoms with E-state index in [-0.39, 0.29) is 13.0 Å². The molecule has 0 saturated heterocycles. The first-order valence-electron chi connectivity index (χ1n) is 6.79. The molecule has 0 unspecified atom stereocenters. The van der Waals surface area contributed by atoms with Crippen LogP contribution >= 0.6 is 0 Å². The fourth-order valence-electron chi connectivity index (χ4n) is 1.99. The first kappa shape index (κ1) is 15.1. The lowest BCUT2D eigenvalue weighted by Gasteiger charge is -2.11. The molecule has 0 radical (unpaired) electrons. The number of aliphatic carboxylic acids is 1. The Morgan fingerprint density at radius 2 is 1.62 bits per heavy atom. The maximum absolute atomic E-state index is 10.4. The Bertz CT molecular complexity index is 563. The van der Waals surface area contributed by atoms with Gasteiger partial charge in [-0.25, -0.2) is 0 Å². The topological polar surface area (TPSA) is 66.8 Å². The van der Waals surface area contributed by atoms with Gasteiger partial charge in [-0.3, -0.25) is 4.79 Å². The first-order valence-corrected chi connectivity index (χ1v) is 6.79. The predicted octanol–water partition coefficient (Wildman–Crippen LogP) is 2.49. The van der Waals surface area contributed by atoms with Crippen molar-refractivity contribution in [1.82, 2.24) is 0 Å². The van der Waals surface area contributed by atoms with Gasteiger partial charge >= 0.3 is 5.97 Å². The van der Waals surface area contributed by atoms with Crippen molar-refractivity contribution in [2.45, 2.75) is 18.9 Å². The summed E-state index contributed by atoms with van der Waals surface area (Å²) < 4.78 is 5.36. The van der Waals surface area contributed by atoms with Gasteiger partial charge in [-0.1, -0.05) is 42.5 Å². The summed E-state index contributed by atoms with van der Waals surface area (Å²) in [6.45, 7) is -0.0235. The van der Waals surface area contributed by atoms with Gasteiger partial charge in [0.25, 0.3) is 0 Å². The van der Waals surface area contributed by atoms with Crippen LogP contribution in [0.4, 0.5) is 0 Å². The summed E-state index contributed by atoms with van der Waals surface area (Å²) in [6, 6.07) is 17.7. The summed E-state index contributed by atoms with van der Waals surface area (Å²) >= 11 is 0. The number of hydrogen-bond donors (Lipinski definition) is 2. The summed E-state index contributed by atoms with van der Waals surface area (Å²) in [5.74, 6) is -0.416. The van der Waals surface area contributed by atoms with Crippen LogP contribution in [0.2, 0.25) is 0 Å². The van der Waals surface area contributed by atoms with Gasteiger partial charge in [0.2, 0.25) is 0 Å². The van der Waals surface area contributed by atoms with Crippen molar-refractivity contribution in [2.24, 2.45) is 0 Å². The van der Waals surface area contributed by atoms with Gasteiger partial charge < -0.3 is 14.9 Å². The van der Waals surface area contributed by atoms with Crippen LogP contribution in [0, 0.1) is 0 Å². The van der Waals surface area contributed by atoms with Crippen molar-refractivity contribution in [3.8, 4) is 5.75 Å². The smallest absolute Gasteiger partial charge is 0.306 e. The van der Waals surface area contributed by atoms with Gasteiger partial charge in [-0.05, 0) is 29.7 Å². The Morgan fingerprint density at radius 3 is 2.24 bits per heavy atom. The highest BCUT2D eigenvalue weighted by Gasteiger charge is 2.10. The average molecular weight is 286 g/mol.